The van der Waals surface area contributed by atoms with Crippen molar-refractivity contribution in [2.45, 2.75) is 0 Å². The number of nitrogens with two attached hydrogens (primary N) is 1. The number of carbonyl (C=O) groups is 1. The highest BCUT2D eigenvalue weighted by molar-refractivity contribution is 6.40. The third-order valence-electron chi connectivity index (χ3n) is 1.68. The van der Waals surface area contributed by atoms with Crippen LogP contribution in [0.5, 0.6) is 0 Å². The Bertz CT molecular complexity index is 366. The fourth-order valence-electron chi connectivity index (χ4n) is 1.05. The van der Waals surface area contributed by atoms with Crippen molar-refractivity contribution in [3.05, 3.63) is 39.7 Å². The fourth-order valence-corrected chi connectivity index (χ4v) is 1.68. The summed E-state index contributed by atoms with van der Waals surface area (Å²) in [7, 11) is 0. The predicted molar refractivity (Wildman–Crippen MR) is 55.5 cm³/mol. The molecule has 14 heavy (non-hydrogen) atoms. The SMILES string of the molecule is NC(=O)c1c(Cl)ccc([CH]CO)c1Cl. The Morgan fingerprint density at radius 2 is 2.14 bits per heavy atom. The first-order valence-corrected chi connectivity index (χ1v) is 4.55. The molecule has 0 heterocycles. The number of primary amides is 1. The highest BCUT2D eigenvalue weighted by Gasteiger charge is 2.14. The molecule has 1 aromatic rings. The van der Waals surface area contributed by atoms with Crippen molar-refractivity contribution in [1.82, 2.24) is 0 Å². The first-order valence-electron chi connectivity index (χ1n) is 3.79. The van der Waals surface area contributed by atoms with Gasteiger partial charge in [0.15, 0.2) is 0 Å². The molecule has 0 saturated carbocycles. The van der Waals surface area contributed by atoms with E-state index in [4.69, 9.17) is 34.0 Å². The molecule has 0 bridgehead atoms. The van der Waals surface area contributed by atoms with Crippen molar-refractivity contribution in [2.24, 2.45) is 5.73 Å². The van der Waals surface area contributed by atoms with Gasteiger partial charge in [0.25, 0.3) is 5.91 Å². The van der Waals surface area contributed by atoms with E-state index in [-0.39, 0.29) is 22.2 Å². The molecule has 0 aromatic heterocycles. The smallest absolute Gasteiger partial charge is 0.251 e. The summed E-state index contributed by atoms with van der Waals surface area (Å²) < 4.78 is 0. The summed E-state index contributed by atoms with van der Waals surface area (Å²) >= 11 is 11.6. The maximum Gasteiger partial charge on any atom is 0.251 e. The minimum absolute atomic E-state index is 0.0792. The lowest BCUT2D eigenvalue weighted by Gasteiger charge is -2.07. The molecule has 1 radical (unpaired) electrons. The van der Waals surface area contributed by atoms with E-state index in [1.54, 1.807) is 6.07 Å². The Hall–Kier alpha value is -0.770. The van der Waals surface area contributed by atoms with E-state index in [0.717, 1.165) is 0 Å². The molecule has 75 valence electrons. The third-order valence-corrected chi connectivity index (χ3v) is 2.40. The average molecular weight is 233 g/mol. The molecular weight excluding hydrogens is 225 g/mol. The molecule has 0 aliphatic rings. The molecule has 0 saturated heterocycles. The highest BCUT2D eigenvalue weighted by atomic mass is 35.5. The second kappa shape index (κ2) is 4.64. The van der Waals surface area contributed by atoms with Gasteiger partial charge in [-0.2, -0.15) is 0 Å². The van der Waals surface area contributed by atoms with Gasteiger partial charge >= 0.3 is 0 Å². The first-order chi connectivity index (χ1) is 6.57. The molecular formula is C9H8Cl2NO2. The maximum absolute atomic E-state index is 11.0. The van der Waals surface area contributed by atoms with Crippen LogP contribution < -0.4 is 5.73 Å². The minimum atomic E-state index is -0.687. The Morgan fingerprint density at radius 3 is 2.64 bits per heavy atom. The molecule has 0 aliphatic heterocycles. The molecule has 5 heteroatoms. The molecule has 0 fully saturated rings. The highest BCUT2D eigenvalue weighted by Crippen LogP contribution is 2.28. The number of halogens is 2. The zero-order chi connectivity index (χ0) is 10.7. The summed E-state index contributed by atoms with van der Waals surface area (Å²) in [5, 5.41) is 9.05. The van der Waals surface area contributed by atoms with Gasteiger partial charge in [-0.25, -0.2) is 0 Å². The van der Waals surface area contributed by atoms with Crippen molar-refractivity contribution in [3.63, 3.8) is 0 Å². The molecule has 0 unspecified atom stereocenters. The Kier molecular flexibility index (Phi) is 3.75. The van der Waals surface area contributed by atoms with Crippen LogP contribution in [0, 0.1) is 6.42 Å². The van der Waals surface area contributed by atoms with E-state index in [1.165, 1.54) is 12.5 Å². The molecule has 3 N–H and O–H groups in total. The van der Waals surface area contributed by atoms with Gasteiger partial charge in [0.05, 0.1) is 22.2 Å². The number of aliphatic hydroxyl groups excluding tert-OH is 1. The molecule has 0 atom stereocenters. The lowest BCUT2D eigenvalue weighted by molar-refractivity contribution is 0.100. The van der Waals surface area contributed by atoms with Gasteiger partial charge in [0, 0.05) is 6.42 Å². The van der Waals surface area contributed by atoms with E-state index in [2.05, 4.69) is 0 Å². The van der Waals surface area contributed by atoms with Crippen LogP contribution in [0.1, 0.15) is 15.9 Å². The molecule has 1 amide bonds. The van der Waals surface area contributed by atoms with Crippen molar-refractivity contribution < 1.29 is 9.90 Å². The van der Waals surface area contributed by atoms with Gasteiger partial charge in [0.1, 0.15) is 0 Å². The number of benzene rings is 1. The summed E-state index contributed by atoms with van der Waals surface area (Å²) in [6, 6.07) is 3.11. The Morgan fingerprint density at radius 1 is 1.50 bits per heavy atom. The van der Waals surface area contributed by atoms with Gasteiger partial charge in [-0.15, -0.1) is 0 Å². The van der Waals surface area contributed by atoms with Crippen LogP contribution in [0.4, 0.5) is 0 Å². The number of aliphatic hydroxyl groups is 1. The van der Waals surface area contributed by atoms with Crippen LogP contribution in [0.25, 0.3) is 0 Å². The molecule has 1 aromatic carbocycles. The van der Waals surface area contributed by atoms with Crippen molar-refractivity contribution in [1.29, 1.82) is 0 Å². The second-order valence-electron chi connectivity index (χ2n) is 2.58. The van der Waals surface area contributed by atoms with E-state index in [9.17, 15) is 4.79 Å². The summed E-state index contributed by atoms with van der Waals surface area (Å²) in [6.07, 6.45) is 1.46. The lowest BCUT2D eigenvalue weighted by atomic mass is 10.1. The standard InChI is InChI=1S/C9H8Cl2NO2/c10-6-2-1-5(3-4-13)8(11)7(6)9(12)14/h1-3,13H,4H2,(H2,12,14). The van der Waals surface area contributed by atoms with E-state index < -0.39 is 5.91 Å². The van der Waals surface area contributed by atoms with Gasteiger partial charge < -0.3 is 10.8 Å². The summed E-state index contributed by atoms with van der Waals surface area (Å²) in [4.78, 5) is 11.0. The van der Waals surface area contributed by atoms with Crippen molar-refractivity contribution in [3.8, 4) is 0 Å². The maximum atomic E-state index is 11.0. The number of amides is 1. The van der Waals surface area contributed by atoms with E-state index >= 15 is 0 Å². The Balaban J connectivity index is 3.26. The first kappa shape index (κ1) is 11.3. The predicted octanol–water partition coefficient (Wildman–Crippen LogP) is 1.64. The third kappa shape index (κ3) is 2.18. The normalized spacial score (nSPS) is 10.2. The van der Waals surface area contributed by atoms with Crippen LogP contribution in [-0.4, -0.2) is 17.6 Å². The fraction of sp³-hybridized carbons (Fsp3) is 0.111. The van der Waals surface area contributed by atoms with Gasteiger partial charge in [0.2, 0.25) is 0 Å². The Labute approximate surface area is 91.4 Å². The zero-order valence-corrected chi connectivity index (χ0v) is 8.64. The van der Waals surface area contributed by atoms with Gasteiger partial charge in [-0.1, -0.05) is 29.3 Å². The molecule has 3 nitrogen and oxygen atoms in total. The van der Waals surface area contributed by atoms with Crippen molar-refractivity contribution >= 4 is 29.1 Å². The monoisotopic (exact) mass is 232 g/mol. The number of carbonyl (C=O) groups excluding carboxylic acids is 1. The second-order valence-corrected chi connectivity index (χ2v) is 3.36. The van der Waals surface area contributed by atoms with Gasteiger partial charge in [-0.05, 0) is 11.6 Å². The summed E-state index contributed by atoms with van der Waals surface area (Å²) in [5.41, 5.74) is 5.71. The molecule has 1 rings (SSSR count). The topological polar surface area (TPSA) is 63.3 Å². The molecule has 0 spiro atoms. The van der Waals surface area contributed by atoms with E-state index in [0.29, 0.717) is 5.56 Å². The lowest BCUT2D eigenvalue weighted by Crippen LogP contribution is -2.13. The zero-order valence-electron chi connectivity index (χ0n) is 7.13. The summed E-state index contributed by atoms with van der Waals surface area (Å²) in [6.45, 7) is -0.167. The minimum Gasteiger partial charge on any atom is -0.396 e. The van der Waals surface area contributed by atoms with Crippen molar-refractivity contribution in [2.75, 3.05) is 6.61 Å². The van der Waals surface area contributed by atoms with Crippen LogP contribution >= 0.6 is 23.2 Å². The number of hydrogen-bond donors (Lipinski definition) is 2. The number of rotatable bonds is 3. The van der Waals surface area contributed by atoms with Crippen LogP contribution in [0.15, 0.2) is 12.1 Å². The largest absolute Gasteiger partial charge is 0.396 e. The average Bonchev–Trinajstić information content (AvgIpc) is 2.10. The summed E-state index contributed by atoms with van der Waals surface area (Å²) in [5.74, 6) is -0.687. The van der Waals surface area contributed by atoms with E-state index in [1.807, 2.05) is 0 Å². The number of hydrogen-bond acceptors (Lipinski definition) is 2. The van der Waals surface area contributed by atoms with Crippen LogP contribution in [0.2, 0.25) is 10.0 Å². The van der Waals surface area contributed by atoms with Gasteiger partial charge in [-0.3, -0.25) is 4.79 Å². The van der Waals surface area contributed by atoms with Crippen LogP contribution in [0.3, 0.4) is 0 Å². The molecule has 0 aliphatic carbocycles. The van der Waals surface area contributed by atoms with Crippen LogP contribution in [-0.2, 0) is 0 Å². The quantitative estimate of drug-likeness (QED) is 0.833.